The minimum absolute atomic E-state index is 0.0571. The molecule has 1 amide bonds. The van der Waals surface area contributed by atoms with E-state index in [0.717, 1.165) is 0 Å². The Morgan fingerprint density at radius 2 is 1.78 bits per heavy atom. The van der Waals surface area contributed by atoms with Gasteiger partial charge in [-0.2, -0.15) is 5.26 Å². The van der Waals surface area contributed by atoms with Crippen LogP contribution in [0.1, 0.15) is 34.1 Å². The van der Waals surface area contributed by atoms with Crippen molar-refractivity contribution in [3.05, 3.63) is 0 Å². The van der Waals surface area contributed by atoms with Gasteiger partial charge in [0.25, 0.3) is 0 Å². The van der Waals surface area contributed by atoms with Gasteiger partial charge in [0.05, 0.1) is 14.1 Å². The molecule has 0 aromatic carbocycles. The molecule has 0 saturated heterocycles. The lowest BCUT2D eigenvalue weighted by atomic mass is 9.99. The van der Waals surface area contributed by atoms with E-state index in [-0.39, 0.29) is 16.5 Å². The predicted molar refractivity (Wildman–Crippen MR) is 79.0 cm³/mol. The number of carbonyl (C=O) groups excluding carboxylic acids is 1. The summed E-state index contributed by atoms with van der Waals surface area (Å²) in [6.07, 6.45) is 0.360. The van der Waals surface area contributed by atoms with E-state index in [4.69, 9.17) is 0 Å². The van der Waals surface area contributed by atoms with E-state index in [9.17, 15) is 10.1 Å². The topological polar surface area (TPSA) is 44.1 Å². The maximum Gasteiger partial charge on any atom is 0.223 e. The van der Waals surface area contributed by atoms with Crippen molar-refractivity contribution in [1.29, 1.82) is 5.26 Å². The van der Waals surface area contributed by atoms with Gasteiger partial charge in [-0.15, -0.1) is 0 Å². The van der Waals surface area contributed by atoms with Crippen LogP contribution in [0.5, 0.6) is 0 Å². The van der Waals surface area contributed by atoms with Crippen molar-refractivity contribution < 1.29 is 4.79 Å². The molecule has 4 heteroatoms. The highest BCUT2D eigenvalue weighted by Crippen LogP contribution is 2.50. The van der Waals surface area contributed by atoms with Crippen LogP contribution in [0.15, 0.2) is 0 Å². The predicted octanol–water partition coefficient (Wildman–Crippen LogP) is 3.50. The second-order valence-electron chi connectivity index (χ2n) is 6.77. The molecule has 0 rings (SSSR count). The van der Waals surface area contributed by atoms with Gasteiger partial charge in [0.1, 0.15) is 0 Å². The van der Waals surface area contributed by atoms with Crippen LogP contribution in [-0.2, 0) is 4.79 Å². The van der Waals surface area contributed by atoms with Gasteiger partial charge in [-0.3, -0.25) is 4.79 Å². The summed E-state index contributed by atoms with van der Waals surface area (Å²) in [4.78, 5) is 13.4. The Kier molecular flexibility index (Phi) is 5.61. The standard InChI is InChI=1S/C14H28N2OSi/c1-11(2)14(3,4)18(7,8)12(10-15)9-13(17)16(5)6/h11-12H,9H2,1-8H3. The lowest BCUT2D eigenvalue weighted by Gasteiger charge is -2.46. The summed E-state index contributed by atoms with van der Waals surface area (Å²) in [5.74, 6) is 0.575. The van der Waals surface area contributed by atoms with E-state index in [1.165, 1.54) is 0 Å². The summed E-state index contributed by atoms with van der Waals surface area (Å²) in [5.41, 5.74) is -0.121. The fraction of sp³-hybridized carbons (Fsp3) is 0.857. The van der Waals surface area contributed by atoms with Gasteiger partial charge in [-0.1, -0.05) is 40.8 Å². The molecule has 18 heavy (non-hydrogen) atoms. The van der Waals surface area contributed by atoms with Gasteiger partial charge in [-0.25, -0.2) is 0 Å². The van der Waals surface area contributed by atoms with Crippen molar-refractivity contribution in [2.75, 3.05) is 14.1 Å². The fourth-order valence-electron chi connectivity index (χ4n) is 2.01. The smallest absolute Gasteiger partial charge is 0.223 e. The Balaban J connectivity index is 5.18. The molecule has 0 aliphatic rings. The zero-order valence-corrected chi connectivity index (χ0v) is 14.2. The minimum atomic E-state index is -1.84. The molecule has 0 N–H and O–H groups in total. The van der Waals surface area contributed by atoms with Gasteiger partial charge < -0.3 is 4.90 Å². The van der Waals surface area contributed by atoms with Crippen molar-refractivity contribution in [2.24, 2.45) is 5.92 Å². The van der Waals surface area contributed by atoms with E-state index in [1.54, 1.807) is 19.0 Å². The molecule has 1 unspecified atom stereocenters. The molecule has 0 aliphatic carbocycles. The first-order valence-electron chi connectivity index (χ1n) is 6.58. The summed E-state index contributed by atoms with van der Waals surface area (Å²) in [5, 5.41) is 9.59. The van der Waals surface area contributed by atoms with Crippen LogP contribution in [-0.4, -0.2) is 33.0 Å². The van der Waals surface area contributed by atoms with Crippen LogP contribution in [0.25, 0.3) is 0 Å². The molecular formula is C14H28N2OSi. The average molecular weight is 268 g/mol. The van der Waals surface area contributed by atoms with E-state index < -0.39 is 8.07 Å². The van der Waals surface area contributed by atoms with E-state index in [2.05, 4.69) is 46.9 Å². The van der Waals surface area contributed by atoms with Crippen molar-refractivity contribution in [1.82, 2.24) is 4.90 Å². The van der Waals surface area contributed by atoms with Crippen molar-refractivity contribution >= 4 is 14.0 Å². The molecule has 0 saturated carbocycles. The maximum atomic E-state index is 11.9. The normalized spacial score (nSPS) is 14.2. The molecular weight excluding hydrogens is 240 g/mol. The Morgan fingerprint density at radius 3 is 2.06 bits per heavy atom. The quantitative estimate of drug-likeness (QED) is 0.716. The molecule has 0 aliphatic heterocycles. The number of hydrogen-bond donors (Lipinski definition) is 0. The lowest BCUT2D eigenvalue weighted by molar-refractivity contribution is -0.128. The highest BCUT2D eigenvalue weighted by molar-refractivity contribution is 6.82. The highest BCUT2D eigenvalue weighted by atomic mass is 28.3. The van der Waals surface area contributed by atoms with Gasteiger partial charge >= 0.3 is 0 Å². The van der Waals surface area contributed by atoms with Crippen molar-refractivity contribution in [3.8, 4) is 6.07 Å². The summed E-state index contributed by atoms with van der Waals surface area (Å²) in [6, 6.07) is 2.40. The first-order chi connectivity index (χ1) is 7.98. The molecule has 3 nitrogen and oxygen atoms in total. The lowest BCUT2D eigenvalue weighted by Crippen LogP contribution is -2.47. The second-order valence-corrected chi connectivity index (χ2v) is 12.2. The van der Waals surface area contributed by atoms with Crippen LogP contribution >= 0.6 is 0 Å². The number of rotatable bonds is 5. The number of nitriles is 1. The van der Waals surface area contributed by atoms with Crippen molar-refractivity contribution in [2.45, 2.75) is 57.8 Å². The SMILES string of the molecule is CC(C)C(C)(C)[Si](C)(C)C(C#N)CC(=O)N(C)C. The number of amides is 1. The van der Waals surface area contributed by atoms with E-state index in [1.807, 2.05) is 0 Å². The third-order valence-electron chi connectivity index (χ3n) is 5.01. The summed E-state index contributed by atoms with van der Waals surface area (Å²) < 4.78 is 0. The number of nitrogens with zero attached hydrogens (tertiary/aromatic N) is 2. The summed E-state index contributed by atoms with van der Waals surface area (Å²) in [7, 11) is 1.66. The Hall–Kier alpha value is -0.823. The first-order valence-corrected chi connectivity index (χ1v) is 9.66. The zero-order chi connectivity index (χ0) is 14.7. The molecule has 104 valence electrons. The first kappa shape index (κ1) is 17.2. The van der Waals surface area contributed by atoms with E-state index >= 15 is 0 Å². The van der Waals surface area contributed by atoms with Crippen LogP contribution in [0.4, 0.5) is 0 Å². The molecule has 1 atom stereocenters. The summed E-state index contributed by atoms with van der Waals surface area (Å²) in [6.45, 7) is 13.4. The third-order valence-corrected chi connectivity index (χ3v) is 11.0. The third kappa shape index (κ3) is 3.35. The Morgan fingerprint density at radius 1 is 1.33 bits per heavy atom. The van der Waals surface area contributed by atoms with Gasteiger partial charge in [0.15, 0.2) is 0 Å². The van der Waals surface area contributed by atoms with Gasteiger partial charge in [-0.05, 0) is 11.0 Å². The fourth-order valence-corrected chi connectivity index (χ4v) is 5.41. The Labute approximate surface area is 113 Å². The van der Waals surface area contributed by atoms with Crippen molar-refractivity contribution in [3.63, 3.8) is 0 Å². The van der Waals surface area contributed by atoms with E-state index in [0.29, 0.717) is 12.3 Å². The highest BCUT2D eigenvalue weighted by Gasteiger charge is 2.47. The Bertz CT molecular complexity index is 340. The molecule has 0 heterocycles. The van der Waals surface area contributed by atoms with Crippen LogP contribution in [0.2, 0.25) is 23.7 Å². The molecule has 0 fully saturated rings. The largest absolute Gasteiger partial charge is 0.349 e. The number of carbonyl (C=O) groups is 1. The van der Waals surface area contributed by atoms with Crippen LogP contribution < -0.4 is 0 Å². The van der Waals surface area contributed by atoms with Crippen LogP contribution in [0.3, 0.4) is 0 Å². The minimum Gasteiger partial charge on any atom is -0.349 e. The van der Waals surface area contributed by atoms with Gasteiger partial charge in [0.2, 0.25) is 5.91 Å². The van der Waals surface area contributed by atoms with Gasteiger partial charge in [0, 0.05) is 26.1 Å². The monoisotopic (exact) mass is 268 g/mol. The maximum absolute atomic E-state index is 11.9. The average Bonchev–Trinajstić information content (AvgIpc) is 2.24. The molecule has 0 aromatic rings. The number of hydrogen-bond acceptors (Lipinski definition) is 2. The molecule has 0 aromatic heterocycles. The molecule has 0 spiro atoms. The van der Waals surface area contributed by atoms with Crippen LogP contribution in [0, 0.1) is 17.2 Å². The summed E-state index contributed by atoms with van der Waals surface area (Å²) >= 11 is 0. The second kappa shape index (κ2) is 5.88. The zero-order valence-electron chi connectivity index (χ0n) is 13.2. The molecule has 0 radical (unpaired) electrons. The molecule has 0 bridgehead atoms.